The summed E-state index contributed by atoms with van der Waals surface area (Å²) in [5, 5.41) is 0.701. The molecule has 188 valence electrons. The maximum Gasteiger partial charge on any atom is 0.261 e. The van der Waals surface area contributed by atoms with Gasteiger partial charge in [0, 0.05) is 42.0 Å². The molecule has 2 aliphatic rings. The predicted molar refractivity (Wildman–Crippen MR) is 146 cm³/mol. The molecule has 5 nitrogen and oxygen atoms in total. The quantitative estimate of drug-likeness (QED) is 0.292. The van der Waals surface area contributed by atoms with Crippen LogP contribution < -0.4 is 10.5 Å². The standard InChI is InChI=1S/C29H39ClN4O/c1-2-3-7-18-33-27(32-19-8-11-25(32)17-12-22-9-5-4-6-10-22)20-28(35)34-21-26(31-29(33)34)23-13-15-24(30)16-14-23/h13-16,20-22,25H,2-12,17-19H2,1H3. The number of halogens is 1. The Balaban J connectivity index is 1.48. The van der Waals surface area contributed by atoms with Gasteiger partial charge in [-0.2, -0.15) is 0 Å². The van der Waals surface area contributed by atoms with E-state index in [9.17, 15) is 4.79 Å². The Hall–Kier alpha value is -2.27. The number of hydrogen-bond acceptors (Lipinski definition) is 3. The van der Waals surface area contributed by atoms with E-state index in [0.29, 0.717) is 11.1 Å². The molecule has 0 spiro atoms. The number of anilines is 1. The van der Waals surface area contributed by atoms with Gasteiger partial charge in [0.1, 0.15) is 5.82 Å². The van der Waals surface area contributed by atoms with E-state index < -0.39 is 0 Å². The highest BCUT2D eigenvalue weighted by molar-refractivity contribution is 6.30. The number of nitrogens with zero attached hydrogens (tertiary/aromatic N) is 4. The maximum absolute atomic E-state index is 13.3. The van der Waals surface area contributed by atoms with E-state index >= 15 is 0 Å². The number of unbranched alkanes of at least 4 members (excludes halogenated alkanes) is 2. The van der Waals surface area contributed by atoms with Crippen molar-refractivity contribution in [1.82, 2.24) is 14.0 Å². The monoisotopic (exact) mass is 494 g/mol. The van der Waals surface area contributed by atoms with E-state index in [1.807, 2.05) is 36.5 Å². The highest BCUT2D eigenvalue weighted by Crippen LogP contribution is 2.33. The summed E-state index contributed by atoms with van der Waals surface area (Å²) >= 11 is 6.10. The first-order valence-corrected chi connectivity index (χ1v) is 14.2. The molecule has 3 aromatic rings. The smallest absolute Gasteiger partial charge is 0.261 e. The Morgan fingerprint density at radius 2 is 1.80 bits per heavy atom. The fourth-order valence-electron chi connectivity index (χ4n) is 6.16. The molecule has 1 unspecified atom stereocenters. The summed E-state index contributed by atoms with van der Waals surface area (Å²) in [6, 6.07) is 10.1. The van der Waals surface area contributed by atoms with Gasteiger partial charge in [-0.1, -0.05) is 75.6 Å². The molecule has 0 radical (unpaired) electrons. The van der Waals surface area contributed by atoms with Crippen molar-refractivity contribution in [3.63, 3.8) is 0 Å². The van der Waals surface area contributed by atoms with Gasteiger partial charge in [-0.25, -0.2) is 4.98 Å². The van der Waals surface area contributed by atoms with Gasteiger partial charge in [0.25, 0.3) is 5.56 Å². The van der Waals surface area contributed by atoms with E-state index in [1.54, 1.807) is 4.40 Å². The van der Waals surface area contributed by atoms with Crippen LogP contribution in [0.5, 0.6) is 0 Å². The zero-order chi connectivity index (χ0) is 24.2. The van der Waals surface area contributed by atoms with Crippen LogP contribution in [-0.4, -0.2) is 26.5 Å². The summed E-state index contributed by atoms with van der Waals surface area (Å²) in [5.41, 5.74) is 1.80. The fraction of sp³-hybridized carbons (Fsp3) is 0.586. The molecule has 1 aliphatic carbocycles. The lowest BCUT2D eigenvalue weighted by molar-refractivity contribution is 0.322. The number of aromatic nitrogens is 3. The topological polar surface area (TPSA) is 42.5 Å². The molecule has 1 atom stereocenters. The molecule has 0 bridgehead atoms. The first kappa shape index (κ1) is 24.4. The number of benzene rings is 1. The summed E-state index contributed by atoms with van der Waals surface area (Å²) in [7, 11) is 0. The van der Waals surface area contributed by atoms with Gasteiger partial charge in [-0.15, -0.1) is 0 Å². The highest BCUT2D eigenvalue weighted by Gasteiger charge is 2.29. The lowest BCUT2D eigenvalue weighted by Gasteiger charge is -2.31. The second kappa shape index (κ2) is 11.2. The van der Waals surface area contributed by atoms with Crippen LogP contribution >= 0.6 is 11.6 Å². The van der Waals surface area contributed by atoms with Crippen molar-refractivity contribution in [2.24, 2.45) is 5.92 Å². The van der Waals surface area contributed by atoms with Gasteiger partial charge in [-0.05, 0) is 50.2 Å². The summed E-state index contributed by atoms with van der Waals surface area (Å²) in [6.07, 6.45) is 17.3. The minimum absolute atomic E-state index is 0.00684. The number of hydrogen-bond donors (Lipinski definition) is 0. The van der Waals surface area contributed by atoms with Gasteiger partial charge in [0.15, 0.2) is 0 Å². The lowest BCUT2D eigenvalue weighted by atomic mass is 9.85. The first-order valence-electron chi connectivity index (χ1n) is 13.8. The lowest BCUT2D eigenvalue weighted by Crippen LogP contribution is -2.34. The van der Waals surface area contributed by atoms with E-state index in [0.717, 1.165) is 48.3 Å². The molecule has 3 heterocycles. The second-order valence-electron chi connectivity index (χ2n) is 10.6. The molecule has 35 heavy (non-hydrogen) atoms. The Morgan fingerprint density at radius 1 is 1.00 bits per heavy atom. The van der Waals surface area contributed by atoms with Crippen LogP contribution in [0.25, 0.3) is 17.0 Å². The van der Waals surface area contributed by atoms with E-state index in [-0.39, 0.29) is 5.56 Å². The fourth-order valence-corrected chi connectivity index (χ4v) is 6.28. The maximum atomic E-state index is 13.3. The minimum Gasteiger partial charge on any atom is -0.355 e. The average Bonchev–Trinajstić information content (AvgIpc) is 3.53. The van der Waals surface area contributed by atoms with Gasteiger partial charge >= 0.3 is 0 Å². The van der Waals surface area contributed by atoms with Crippen molar-refractivity contribution >= 4 is 23.2 Å². The van der Waals surface area contributed by atoms with Crippen LogP contribution in [0.4, 0.5) is 5.82 Å². The van der Waals surface area contributed by atoms with Crippen molar-refractivity contribution in [3.05, 3.63) is 51.9 Å². The van der Waals surface area contributed by atoms with E-state index in [4.69, 9.17) is 16.6 Å². The van der Waals surface area contributed by atoms with Gasteiger partial charge in [-0.3, -0.25) is 13.8 Å². The Labute approximate surface area is 214 Å². The van der Waals surface area contributed by atoms with Crippen molar-refractivity contribution < 1.29 is 0 Å². The Kier molecular flexibility index (Phi) is 7.81. The first-order chi connectivity index (χ1) is 17.1. The normalized spacial score (nSPS) is 19.1. The zero-order valence-electron chi connectivity index (χ0n) is 21.1. The third-order valence-corrected chi connectivity index (χ3v) is 8.38. The van der Waals surface area contributed by atoms with Crippen LogP contribution in [0.15, 0.2) is 41.3 Å². The molecule has 1 saturated carbocycles. The van der Waals surface area contributed by atoms with Crippen LogP contribution in [0, 0.1) is 5.92 Å². The SMILES string of the molecule is CCCCCn1c(N2CCCC2CCC2CCCCC2)cc(=O)n2cc(-c3ccc(Cl)cc3)nc12. The molecule has 2 fully saturated rings. The summed E-state index contributed by atoms with van der Waals surface area (Å²) in [4.78, 5) is 20.8. The molecule has 2 aromatic heterocycles. The Morgan fingerprint density at radius 3 is 2.57 bits per heavy atom. The summed E-state index contributed by atoms with van der Waals surface area (Å²) in [5.74, 6) is 2.72. The molecule has 1 aromatic carbocycles. The molecule has 6 heteroatoms. The molecule has 1 aliphatic heterocycles. The van der Waals surface area contributed by atoms with Gasteiger partial charge in [0.2, 0.25) is 5.78 Å². The van der Waals surface area contributed by atoms with Crippen LogP contribution in [0.1, 0.15) is 84.0 Å². The molecular formula is C29H39ClN4O. The number of fused-ring (bicyclic) bond motifs is 1. The summed E-state index contributed by atoms with van der Waals surface area (Å²) in [6.45, 7) is 4.15. The van der Waals surface area contributed by atoms with Crippen molar-refractivity contribution in [2.75, 3.05) is 11.4 Å². The second-order valence-corrected chi connectivity index (χ2v) is 11.0. The average molecular weight is 495 g/mol. The number of rotatable bonds is 9. The molecule has 1 saturated heterocycles. The minimum atomic E-state index is 0.00684. The van der Waals surface area contributed by atoms with Crippen LogP contribution in [0.2, 0.25) is 5.02 Å². The van der Waals surface area contributed by atoms with Crippen molar-refractivity contribution in [2.45, 2.75) is 96.6 Å². The third-order valence-electron chi connectivity index (χ3n) is 8.12. The molecule has 0 amide bonds. The Bertz CT molecular complexity index is 1180. The number of imidazole rings is 1. The molecule has 5 rings (SSSR count). The largest absolute Gasteiger partial charge is 0.355 e. The van der Waals surface area contributed by atoms with Crippen LogP contribution in [0.3, 0.4) is 0 Å². The number of aryl methyl sites for hydroxylation is 1. The van der Waals surface area contributed by atoms with Crippen molar-refractivity contribution in [3.8, 4) is 11.3 Å². The zero-order valence-corrected chi connectivity index (χ0v) is 21.8. The van der Waals surface area contributed by atoms with Gasteiger partial charge < -0.3 is 4.90 Å². The third kappa shape index (κ3) is 5.45. The molecular weight excluding hydrogens is 456 g/mol. The van der Waals surface area contributed by atoms with Crippen molar-refractivity contribution in [1.29, 1.82) is 0 Å². The van der Waals surface area contributed by atoms with E-state index in [1.165, 1.54) is 70.6 Å². The van der Waals surface area contributed by atoms with Crippen LogP contribution in [-0.2, 0) is 6.54 Å². The highest BCUT2D eigenvalue weighted by atomic mass is 35.5. The summed E-state index contributed by atoms with van der Waals surface area (Å²) < 4.78 is 4.04. The molecule has 0 N–H and O–H groups in total. The predicted octanol–water partition coefficient (Wildman–Crippen LogP) is 7.34. The van der Waals surface area contributed by atoms with E-state index in [2.05, 4.69) is 16.4 Å². The van der Waals surface area contributed by atoms with Gasteiger partial charge in [0.05, 0.1) is 5.69 Å².